The zero-order valence-electron chi connectivity index (χ0n) is 13.7. The van der Waals surface area contributed by atoms with Gasteiger partial charge in [0.25, 0.3) is 5.91 Å². The topological polar surface area (TPSA) is 58.6 Å². The van der Waals surface area contributed by atoms with E-state index < -0.39 is 6.10 Å². The van der Waals surface area contributed by atoms with E-state index in [9.17, 15) is 9.59 Å². The van der Waals surface area contributed by atoms with Crippen molar-refractivity contribution in [2.45, 2.75) is 39.7 Å². The summed E-state index contributed by atoms with van der Waals surface area (Å²) >= 11 is 0. The van der Waals surface area contributed by atoms with E-state index in [2.05, 4.69) is 19.2 Å². The summed E-state index contributed by atoms with van der Waals surface area (Å²) in [6, 6.07) is 5.90. The molecule has 0 saturated carbocycles. The summed E-state index contributed by atoms with van der Waals surface area (Å²) in [5.41, 5.74) is 2.43. The summed E-state index contributed by atoms with van der Waals surface area (Å²) in [4.78, 5) is 25.2. The lowest BCUT2D eigenvalue weighted by atomic mass is 9.98. The number of aryl methyl sites for hydroxylation is 1. The van der Waals surface area contributed by atoms with E-state index in [1.807, 2.05) is 25.1 Å². The normalized spacial score (nSPS) is 16.4. The number of piperazine rings is 1. The maximum absolute atomic E-state index is 12.3. The molecule has 1 saturated heterocycles. The number of hydrogen-bond donors (Lipinski definition) is 1. The predicted octanol–water partition coefficient (Wildman–Crippen LogP) is 1.84. The van der Waals surface area contributed by atoms with Gasteiger partial charge in [-0.25, -0.2) is 0 Å². The van der Waals surface area contributed by atoms with Gasteiger partial charge in [-0.05, 0) is 43.0 Å². The summed E-state index contributed by atoms with van der Waals surface area (Å²) in [5.74, 6) is 0.869. The quantitative estimate of drug-likeness (QED) is 0.923. The van der Waals surface area contributed by atoms with Gasteiger partial charge in [-0.1, -0.05) is 19.9 Å². The minimum atomic E-state index is -0.602. The van der Waals surface area contributed by atoms with Crippen molar-refractivity contribution in [2.24, 2.45) is 0 Å². The largest absolute Gasteiger partial charge is 0.481 e. The molecule has 5 heteroatoms. The van der Waals surface area contributed by atoms with E-state index >= 15 is 0 Å². The van der Waals surface area contributed by atoms with Crippen LogP contribution in [0.15, 0.2) is 18.2 Å². The highest BCUT2D eigenvalue weighted by molar-refractivity contribution is 5.88. The third-order valence-electron chi connectivity index (χ3n) is 3.87. The molecule has 1 aliphatic rings. The van der Waals surface area contributed by atoms with Crippen LogP contribution in [0.3, 0.4) is 0 Å². The number of hydrogen-bond acceptors (Lipinski definition) is 3. The van der Waals surface area contributed by atoms with E-state index in [1.165, 1.54) is 5.56 Å². The van der Waals surface area contributed by atoms with Crippen molar-refractivity contribution in [1.29, 1.82) is 0 Å². The molecule has 1 aliphatic heterocycles. The molecule has 1 aromatic carbocycles. The van der Waals surface area contributed by atoms with Crippen molar-refractivity contribution in [3.05, 3.63) is 29.3 Å². The highest BCUT2D eigenvalue weighted by Crippen LogP contribution is 2.24. The second kappa shape index (κ2) is 6.81. The minimum absolute atomic E-state index is 0.109. The number of nitrogens with zero attached hydrogens (tertiary/aromatic N) is 1. The van der Waals surface area contributed by atoms with Crippen molar-refractivity contribution in [1.82, 2.24) is 10.2 Å². The molecule has 0 spiro atoms. The number of nitrogens with one attached hydrogen (secondary N) is 1. The van der Waals surface area contributed by atoms with Crippen molar-refractivity contribution in [3.8, 4) is 5.75 Å². The third kappa shape index (κ3) is 3.78. The Kier molecular flexibility index (Phi) is 5.06. The zero-order chi connectivity index (χ0) is 16.3. The first-order valence-electron chi connectivity index (χ1n) is 7.71. The lowest BCUT2D eigenvalue weighted by Crippen LogP contribution is -2.53. The Morgan fingerprint density at radius 1 is 1.32 bits per heavy atom. The van der Waals surface area contributed by atoms with Gasteiger partial charge in [-0.3, -0.25) is 9.59 Å². The van der Waals surface area contributed by atoms with Gasteiger partial charge in [0.05, 0.1) is 6.54 Å². The van der Waals surface area contributed by atoms with Crippen molar-refractivity contribution in [2.75, 3.05) is 19.6 Å². The molecule has 1 heterocycles. The van der Waals surface area contributed by atoms with Crippen molar-refractivity contribution < 1.29 is 14.3 Å². The Hall–Kier alpha value is -2.04. The van der Waals surface area contributed by atoms with Crippen LogP contribution < -0.4 is 10.1 Å². The Morgan fingerprint density at radius 3 is 2.64 bits per heavy atom. The number of amides is 2. The second-order valence-electron chi connectivity index (χ2n) is 6.04. The minimum Gasteiger partial charge on any atom is -0.481 e. The Balaban J connectivity index is 2.02. The predicted molar refractivity (Wildman–Crippen MR) is 84.9 cm³/mol. The maximum Gasteiger partial charge on any atom is 0.263 e. The van der Waals surface area contributed by atoms with E-state index in [1.54, 1.807) is 11.8 Å². The number of benzene rings is 1. The number of rotatable bonds is 4. The first kappa shape index (κ1) is 16.3. The maximum atomic E-state index is 12.3. The van der Waals surface area contributed by atoms with Gasteiger partial charge in [0, 0.05) is 13.1 Å². The molecular formula is C17H24N2O3. The Labute approximate surface area is 131 Å². The lowest BCUT2D eigenvalue weighted by molar-refractivity contribution is -0.143. The van der Waals surface area contributed by atoms with Gasteiger partial charge in [0.1, 0.15) is 5.75 Å². The van der Waals surface area contributed by atoms with Gasteiger partial charge in [0.15, 0.2) is 6.10 Å². The fourth-order valence-electron chi connectivity index (χ4n) is 2.71. The molecule has 0 unspecified atom stereocenters. The second-order valence-corrected chi connectivity index (χ2v) is 6.04. The summed E-state index contributed by atoms with van der Waals surface area (Å²) in [6.07, 6.45) is -0.602. The van der Waals surface area contributed by atoms with Crippen LogP contribution in [0.4, 0.5) is 0 Å². The van der Waals surface area contributed by atoms with Crippen LogP contribution in [0.25, 0.3) is 0 Å². The van der Waals surface area contributed by atoms with E-state index in [0.717, 1.165) is 5.56 Å². The fourth-order valence-corrected chi connectivity index (χ4v) is 2.71. The molecule has 5 nitrogen and oxygen atoms in total. The van der Waals surface area contributed by atoms with E-state index in [4.69, 9.17) is 4.74 Å². The van der Waals surface area contributed by atoms with Gasteiger partial charge in [0.2, 0.25) is 5.91 Å². The van der Waals surface area contributed by atoms with Crippen LogP contribution in [0.1, 0.15) is 37.8 Å². The Bertz CT molecular complexity index is 569. The monoisotopic (exact) mass is 304 g/mol. The van der Waals surface area contributed by atoms with Crippen molar-refractivity contribution >= 4 is 11.8 Å². The average molecular weight is 304 g/mol. The number of carbonyl (C=O) groups is 2. The van der Waals surface area contributed by atoms with Gasteiger partial charge >= 0.3 is 0 Å². The molecule has 2 amide bonds. The van der Waals surface area contributed by atoms with Gasteiger partial charge in [-0.2, -0.15) is 0 Å². The molecule has 22 heavy (non-hydrogen) atoms. The molecule has 2 rings (SSSR count). The zero-order valence-corrected chi connectivity index (χ0v) is 13.7. The van der Waals surface area contributed by atoms with Crippen LogP contribution in [0.5, 0.6) is 5.75 Å². The first-order chi connectivity index (χ1) is 10.4. The summed E-state index contributed by atoms with van der Waals surface area (Å²) in [5, 5.41) is 2.71. The highest BCUT2D eigenvalue weighted by atomic mass is 16.5. The number of ether oxygens (including phenoxy) is 1. The molecule has 0 radical (unpaired) electrons. The lowest BCUT2D eigenvalue weighted by Gasteiger charge is -2.29. The van der Waals surface area contributed by atoms with Crippen LogP contribution in [-0.2, 0) is 9.59 Å². The molecule has 120 valence electrons. The number of carbonyl (C=O) groups excluding carboxylic acids is 2. The van der Waals surface area contributed by atoms with Gasteiger partial charge < -0.3 is 15.0 Å². The molecule has 1 fully saturated rings. The highest BCUT2D eigenvalue weighted by Gasteiger charge is 2.26. The molecule has 1 N–H and O–H groups in total. The SMILES string of the molecule is Cc1cc(O[C@@H](C)C(=O)N2CCNC(=O)C2)ccc1C(C)C. The van der Waals surface area contributed by atoms with Crippen LogP contribution in [-0.4, -0.2) is 42.5 Å². The standard InChI is InChI=1S/C17H24N2O3/c1-11(2)15-6-5-14(9-12(15)3)22-13(4)17(21)19-8-7-18-16(20)10-19/h5-6,9,11,13H,7-8,10H2,1-4H3,(H,18,20)/t13-/m0/s1. The molecule has 0 bridgehead atoms. The molecule has 1 atom stereocenters. The Morgan fingerprint density at radius 2 is 2.05 bits per heavy atom. The molecular weight excluding hydrogens is 280 g/mol. The summed E-state index contributed by atoms with van der Waals surface area (Å²) in [7, 11) is 0. The molecule has 1 aromatic rings. The first-order valence-corrected chi connectivity index (χ1v) is 7.71. The fraction of sp³-hybridized carbons (Fsp3) is 0.529. The molecule has 0 aromatic heterocycles. The van der Waals surface area contributed by atoms with E-state index in [0.29, 0.717) is 24.8 Å². The van der Waals surface area contributed by atoms with Gasteiger partial charge in [-0.15, -0.1) is 0 Å². The average Bonchev–Trinajstić information content (AvgIpc) is 2.46. The summed E-state index contributed by atoms with van der Waals surface area (Å²) < 4.78 is 5.76. The van der Waals surface area contributed by atoms with E-state index in [-0.39, 0.29) is 18.4 Å². The summed E-state index contributed by atoms with van der Waals surface area (Å²) in [6.45, 7) is 9.21. The van der Waals surface area contributed by atoms with Crippen LogP contribution in [0, 0.1) is 6.92 Å². The molecule has 0 aliphatic carbocycles. The third-order valence-corrected chi connectivity index (χ3v) is 3.87. The van der Waals surface area contributed by atoms with Crippen molar-refractivity contribution in [3.63, 3.8) is 0 Å². The van der Waals surface area contributed by atoms with Crippen LogP contribution in [0.2, 0.25) is 0 Å². The smallest absolute Gasteiger partial charge is 0.263 e. The van der Waals surface area contributed by atoms with Crippen LogP contribution >= 0.6 is 0 Å².